The molecule has 4 atom stereocenters. The van der Waals surface area contributed by atoms with Gasteiger partial charge < -0.3 is 30.1 Å². The first-order valence-electron chi connectivity index (χ1n) is 10.7. The molecule has 0 spiro atoms. The fourth-order valence-corrected chi connectivity index (χ4v) is 5.12. The van der Waals surface area contributed by atoms with Crippen LogP contribution in [0.2, 0.25) is 0 Å². The minimum atomic E-state index is -0.250. The number of likely N-dealkylation sites (N-methyl/N-ethyl adjacent to an activating group) is 1. The van der Waals surface area contributed by atoms with Crippen molar-refractivity contribution < 1.29 is 24.9 Å². The molecule has 0 radical (unpaired) electrons. The minimum Gasteiger partial charge on any atom is -0.483 e. The molecule has 4 N–H and O–H groups in total. The van der Waals surface area contributed by atoms with E-state index in [-0.39, 0.29) is 19.0 Å². The molecular formula is C20H31N7O5. The molecule has 12 heteroatoms. The van der Waals surface area contributed by atoms with Crippen molar-refractivity contribution in [1.82, 2.24) is 29.7 Å². The second kappa shape index (κ2) is 11.2. The summed E-state index contributed by atoms with van der Waals surface area (Å²) in [5, 5.41) is 24.6. The Kier molecular flexibility index (Phi) is 8.31. The molecule has 1 saturated carbocycles. The highest BCUT2D eigenvalue weighted by atomic mass is 16.3. The number of aliphatic hydroxyl groups excluding tert-OH is 1. The van der Waals surface area contributed by atoms with E-state index in [1.165, 1.54) is 0 Å². The zero-order valence-electron chi connectivity index (χ0n) is 18.1. The summed E-state index contributed by atoms with van der Waals surface area (Å²) in [5.74, 6) is 2.12. The van der Waals surface area contributed by atoms with Crippen LogP contribution in [0.15, 0.2) is 12.7 Å². The first-order valence-corrected chi connectivity index (χ1v) is 10.7. The first kappa shape index (κ1) is 23.8. The molecular weight excluding hydrogens is 418 g/mol. The van der Waals surface area contributed by atoms with Gasteiger partial charge in [0.25, 0.3) is 12.9 Å². The van der Waals surface area contributed by atoms with E-state index in [2.05, 4.69) is 41.7 Å². The van der Waals surface area contributed by atoms with Crippen molar-refractivity contribution in [2.45, 2.75) is 25.0 Å². The van der Waals surface area contributed by atoms with Gasteiger partial charge in [-0.05, 0) is 31.7 Å². The highest BCUT2D eigenvalue weighted by Crippen LogP contribution is 2.40. The molecule has 2 aliphatic heterocycles. The number of aromatic amines is 1. The predicted octanol–water partition coefficient (Wildman–Crippen LogP) is -0.422. The minimum absolute atomic E-state index is 0.211. The fraction of sp³-hybridized carbons (Fsp3) is 0.650. The van der Waals surface area contributed by atoms with Gasteiger partial charge in [0, 0.05) is 45.3 Å². The molecule has 2 aromatic rings. The molecule has 0 aromatic carbocycles. The van der Waals surface area contributed by atoms with Gasteiger partial charge in [0.05, 0.1) is 12.4 Å². The summed E-state index contributed by atoms with van der Waals surface area (Å²) in [5.41, 5.74) is 1.64. The monoisotopic (exact) mass is 449 g/mol. The van der Waals surface area contributed by atoms with Crippen LogP contribution in [0, 0.1) is 11.8 Å². The highest BCUT2D eigenvalue weighted by Gasteiger charge is 2.44. The lowest BCUT2D eigenvalue weighted by atomic mass is 9.77. The van der Waals surface area contributed by atoms with Crippen LogP contribution in [0.1, 0.15) is 12.8 Å². The van der Waals surface area contributed by atoms with E-state index >= 15 is 0 Å². The van der Waals surface area contributed by atoms with E-state index < -0.39 is 0 Å². The maximum absolute atomic E-state index is 10.8. The Bertz CT molecular complexity index is 867. The number of imidazole rings is 1. The highest BCUT2D eigenvalue weighted by molar-refractivity contribution is 5.82. The number of hydrogen-bond acceptors (Lipinski definition) is 9. The van der Waals surface area contributed by atoms with Gasteiger partial charge in [0.15, 0.2) is 11.5 Å². The summed E-state index contributed by atoms with van der Waals surface area (Å²) >= 11 is 0. The van der Waals surface area contributed by atoms with Gasteiger partial charge in [0.1, 0.15) is 11.8 Å². The summed E-state index contributed by atoms with van der Waals surface area (Å²) in [6.07, 6.45) is 5.05. The Morgan fingerprint density at radius 2 is 1.62 bits per heavy atom. The number of anilines is 1. The van der Waals surface area contributed by atoms with Crippen LogP contribution >= 0.6 is 0 Å². The number of piperazine rings is 1. The predicted molar refractivity (Wildman–Crippen MR) is 116 cm³/mol. The summed E-state index contributed by atoms with van der Waals surface area (Å²) in [6.45, 7) is 5.81. The van der Waals surface area contributed by atoms with E-state index in [4.69, 9.17) is 19.8 Å². The summed E-state index contributed by atoms with van der Waals surface area (Å²) in [4.78, 5) is 40.1. The average molecular weight is 450 g/mol. The third-order valence-corrected chi connectivity index (χ3v) is 6.62. The quantitative estimate of drug-likeness (QED) is 0.441. The second-order valence-corrected chi connectivity index (χ2v) is 8.38. The zero-order chi connectivity index (χ0) is 23.1. The van der Waals surface area contributed by atoms with Gasteiger partial charge in [-0.2, -0.15) is 0 Å². The number of rotatable bonds is 2. The van der Waals surface area contributed by atoms with Gasteiger partial charge in [-0.1, -0.05) is 0 Å². The number of nitrogens with zero attached hydrogens (tertiary/aromatic N) is 6. The number of aromatic nitrogens is 4. The molecule has 2 saturated heterocycles. The van der Waals surface area contributed by atoms with Crippen LogP contribution in [-0.4, -0.2) is 116 Å². The van der Waals surface area contributed by atoms with E-state index in [0.717, 1.165) is 69.1 Å². The van der Waals surface area contributed by atoms with Gasteiger partial charge in [-0.25, -0.2) is 15.0 Å². The maximum atomic E-state index is 10.8. The number of H-pyrrole nitrogens is 1. The number of hydrogen-bond donors (Lipinski definition) is 4. The van der Waals surface area contributed by atoms with Crippen LogP contribution < -0.4 is 4.90 Å². The van der Waals surface area contributed by atoms with E-state index in [9.17, 15) is 5.11 Å². The summed E-state index contributed by atoms with van der Waals surface area (Å²) < 4.78 is 0. The van der Waals surface area contributed by atoms with Crippen molar-refractivity contribution in [3.8, 4) is 0 Å². The van der Waals surface area contributed by atoms with Gasteiger partial charge >= 0.3 is 0 Å². The Balaban J connectivity index is 0.000000437. The molecule has 32 heavy (non-hydrogen) atoms. The fourth-order valence-electron chi connectivity index (χ4n) is 5.12. The molecule has 176 valence electrons. The summed E-state index contributed by atoms with van der Waals surface area (Å²) in [7, 11) is 2.18. The van der Waals surface area contributed by atoms with Gasteiger partial charge in [-0.3, -0.25) is 14.5 Å². The molecule has 0 unspecified atom stereocenters. The third kappa shape index (κ3) is 5.31. The normalized spacial score (nSPS) is 28.1. The van der Waals surface area contributed by atoms with Crippen LogP contribution in [-0.2, 0) is 9.59 Å². The smallest absolute Gasteiger partial charge is 0.290 e. The van der Waals surface area contributed by atoms with Crippen LogP contribution in [0.5, 0.6) is 0 Å². The van der Waals surface area contributed by atoms with Crippen molar-refractivity contribution in [3.63, 3.8) is 0 Å². The standard InChI is InChI=1S/C18H27N7O.2CH2O2/c1-23-2-4-24(5-3-23)14-6-12-8-25(9-13(12)7-15(14)26)18-16-17(20-10-19-16)21-11-22-18;2*2-1-3/h10-15,26H,2-9H2,1H3,(H,19,20,21,22);2*1H,(H,2,3)/t12-,13+,14-,15-;;/m1../s1. The Morgan fingerprint density at radius 3 is 2.28 bits per heavy atom. The Labute approximate surface area is 185 Å². The number of nitrogens with one attached hydrogen (secondary N) is 1. The van der Waals surface area contributed by atoms with E-state index in [1.54, 1.807) is 12.7 Å². The maximum Gasteiger partial charge on any atom is 0.290 e. The average Bonchev–Trinajstić information content (AvgIpc) is 3.41. The van der Waals surface area contributed by atoms with Crippen molar-refractivity contribution in [1.29, 1.82) is 0 Å². The molecule has 1 aliphatic carbocycles. The lowest BCUT2D eigenvalue weighted by Gasteiger charge is -2.44. The van der Waals surface area contributed by atoms with Crippen molar-refractivity contribution in [3.05, 3.63) is 12.7 Å². The van der Waals surface area contributed by atoms with Crippen molar-refractivity contribution in [2.24, 2.45) is 11.8 Å². The lowest BCUT2D eigenvalue weighted by Crippen LogP contribution is -2.55. The molecule has 0 amide bonds. The molecule has 12 nitrogen and oxygen atoms in total. The van der Waals surface area contributed by atoms with Crippen LogP contribution in [0.3, 0.4) is 0 Å². The molecule has 0 bridgehead atoms. The van der Waals surface area contributed by atoms with E-state index in [0.29, 0.717) is 17.9 Å². The molecule has 3 fully saturated rings. The van der Waals surface area contributed by atoms with Crippen molar-refractivity contribution >= 4 is 29.9 Å². The second-order valence-electron chi connectivity index (χ2n) is 8.38. The molecule has 4 heterocycles. The summed E-state index contributed by atoms with van der Waals surface area (Å²) in [6, 6.07) is 0.308. The SMILES string of the molecule is CN1CCN([C@@H]2C[C@@H]3CN(c4ncnc5nc[nH]c45)C[C@@H]3C[C@H]2O)CC1.O=CO.O=CO. The number of carboxylic acid groups (broad SMARTS) is 2. The van der Waals surface area contributed by atoms with E-state index in [1.807, 2.05) is 0 Å². The molecule has 2 aromatic heterocycles. The van der Waals surface area contributed by atoms with Gasteiger partial charge in [0.2, 0.25) is 0 Å². The van der Waals surface area contributed by atoms with Crippen LogP contribution in [0.4, 0.5) is 5.82 Å². The largest absolute Gasteiger partial charge is 0.483 e. The van der Waals surface area contributed by atoms with Gasteiger partial charge in [-0.15, -0.1) is 0 Å². The zero-order valence-corrected chi connectivity index (χ0v) is 18.1. The number of fused-ring (bicyclic) bond motifs is 2. The Hall–Kier alpha value is -2.83. The lowest BCUT2D eigenvalue weighted by molar-refractivity contribution is -0.123. The number of carbonyl (C=O) groups is 2. The molecule has 5 rings (SSSR count). The number of aliphatic hydroxyl groups is 1. The van der Waals surface area contributed by atoms with Crippen molar-refractivity contribution in [2.75, 3.05) is 51.2 Å². The third-order valence-electron chi connectivity index (χ3n) is 6.62. The Morgan fingerprint density at radius 1 is 1.00 bits per heavy atom. The van der Waals surface area contributed by atoms with Crippen LogP contribution in [0.25, 0.3) is 11.2 Å². The first-order chi connectivity index (χ1) is 15.5. The molecule has 3 aliphatic rings. The topological polar surface area (TPSA) is 159 Å².